The van der Waals surface area contributed by atoms with E-state index >= 15 is 0 Å². The molecule has 0 aromatic carbocycles. The molecule has 0 unspecified atom stereocenters. The van der Waals surface area contributed by atoms with Gasteiger partial charge >= 0.3 is 6.03 Å². The molecule has 0 saturated heterocycles. The lowest BCUT2D eigenvalue weighted by molar-refractivity contribution is 0.122. The van der Waals surface area contributed by atoms with Gasteiger partial charge in [-0.3, -0.25) is 4.68 Å². The van der Waals surface area contributed by atoms with Gasteiger partial charge in [0.1, 0.15) is 6.54 Å². The first-order valence-corrected chi connectivity index (χ1v) is 6.62. The van der Waals surface area contributed by atoms with E-state index in [0.717, 1.165) is 11.1 Å². The molecular formula is C13H18F2N4O2. The molecule has 2 heterocycles. The third-order valence-electron chi connectivity index (χ3n) is 3.13. The number of methoxy groups -OCH3 is 1. The summed E-state index contributed by atoms with van der Waals surface area (Å²) in [6.07, 6.45) is 3.01. The number of anilines is 1. The molecule has 0 spiro atoms. The summed E-state index contributed by atoms with van der Waals surface area (Å²) in [5, 5.41) is 6.42. The standard InChI is InChI=1S/C13H18F2N4O2/c1-21-9-10-2-4-18(5-3-10)13(20)17-11-6-16-19(7-11)8-12(14)15/h2,6-7,12H,3-5,8-9H2,1H3,(H,17,20). The molecule has 21 heavy (non-hydrogen) atoms. The van der Waals surface area contributed by atoms with Crippen molar-refractivity contribution in [3.8, 4) is 0 Å². The van der Waals surface area contributed by atoms with Crippen LogP contribution in [0.3, 0.4) is 0 Å². The highest BCUT2D eigenvalue weighted by Crippen LogP contribution is 2.13. The van der Waals surface area contributed by atoms with Crippen LogP contribution < -0.4 is 5.32 Å². The van der Waals surface area contributed by atoms with E-state index in [-0.39, 0.29) is 6.03 Å². The maximum Gasteiger partial charge on any atom is 0.322 e. The SMILES string of the molecule is COCC1=CCN(C(=O)Nc2cnn(CC(F)F)c2)CC1. The van der Waals surface area contributed by atoms with Gasteiger partial charge in [0.25, 0.3) is 6.43 Å². The van der Waals surface area contributed by atoms with Gasteiger partial charge in [0.2, 0.25) is 0 Å². The first kappa shape index (κ1) is 15.4. The van der Waals surface area contributed by atoms with Gasteiger partial charge in [-0.2, -0.15) is 5.10 Å². The Labute approximate surface area is 121 Å². The van der Waals surface area contributed by atoms with E-state index in [4.69, 9.17) is 4.74 Å². The highest BCUT2D eigenvalue weighted by Gasteiger charge is 2.17. The first-order chi connectivity index (χ1) is 10.1. The fourth-order valence-electron chi connectivity index (χ4n) is 2.08. The van der Waals surface area contributed by atoms with E-state index in [1.54, 1.807) is 12.0 Å². The van der Waals surface area contributed by atoms with Crippen LogP contribution in [0.2, 0.25) is 0 Å². The molecule has 8 heteroatoms. The average molecular weight is 300 g/mol. The van der Waals surface area contributed by atoms with Crippen LogP contribution in [0.25, 0.3) is 0 Å². The van der Waals surface area contributed by atoms with Gasteiger partial charge in [-0.05, 0) is 12.0 Å². The zero-order valence-electron chi connectivity index (χ0n) is 11.8. The summed E-state index contributed by atoms with van der Waals surface area (Å²) in [6, 6.07) is -0.265. The van der Waals surface area contributed by atoms with Gasteiger partial charge in [0.15, 0.2) is 0 Å². The fraction of sp³-hybridized carbons (Fsp3) is 0.538. The highest BCUT2D eigenvalue weighted by atomic mass is 19.3. The summed E-state index contributed by atoms with van der Waals surface area (Å²) in [4.78, 5) is 13.7. The molecule has 6 nitrogen and oxygen atoms in total. The molecule has 0 saturated carbocycles. The van der Waals surface area contributed by atoms with E-state index in [9.17, 15) is 13.6 Å². The van der Waals surface area contributed by atoms with E-state index < -0.39 is 13.0 Å². The molecule has 1 aromatic heterocycles. The number of hydrogen-bond donors (Lipinski definition) is 1. The Morgan fingerprint density at radius 1 is 1.57 bits per heavy atom. The van der Waals surface area contributed by atoms with Crippen LogP contribution in [0, 0.1) is 0 Å². The number of nitrogens with zero attached hydrogens (tertiary/aromatic N) is 3. The number of nitrogens with one attached hydrogen (secondary N) is 1. The lowest BCUT2D eigenvalue weighted by Gasteiger charge is -2.26. The first-order valence-electron chi connectivity index (χ1n) is 6.62. The molecule has 1 aliphatic rings. The lowest BCUT2D eigenvalue weighted by atomic mass is 10.1. The molecule has 2 amide bonds. The number of alkyl halides is 2. The second kappa shape index (κ2) is 7.16. The Balaban J connectivity index is 1.86. The van der Waals surface area contributed by atoms with Gasteiger partial charge in [0.05, 0.1) is 18.5 Å². The Kier molecular flexibility index (Phi) is 5.26. The largest absolute Gasteiger partial charge is 0.380 e. The molecular weight excluding hydrogens is 282 g/mol. The van der Waals surface area contributed by atoms with Crippen molar-refractivity contribution in [3.05, 3.63) is 24.0 Å². The number of halogens is 2. The van der Waals surface area contributed by atoms with Gasteiger partial charge < -0.3 is 15.0 Å². The number of carbonyl (C=O) groups excluding carboxylic acids is 1. The van der Waals surface area contributed by atoms with Gasteiger partial charge in [-0.1, -0.05) is 6.08 Å². The fourth-order valence-corrected chi connectivity index (χ4v) is 2.08. The number of hydrogen-bond acceptors (Lipinski definition) is 3. The third-order valence-corrected chi connectivity index (χ3v) is 3.13. The summed E-state index contributed by atoms with van der Waals surface area (Å²) in [5.74, 6) is 0. The smallest absolute Gasteiger partial charge is 0.322 e. The summed E-state index contributed by atoms with van der Waals surface area (Å²) >= 11 is 0. The van der Waals surface area contributed by atoms with Crippen LogP contribution in [-0.2, 0) is 11.3 Å². The summed E-state index contributed by atoms with van der Waals surface area (Å²) in [6.45, 7) is 1.21. The monoisotopic (exact) mass is 300 g/mol. The third kappa shape index (κ3) is 4.52. The molecule has 116 valence electrons. The van der Waals surface area contributed by atoms with Gasteiger partial charge in [-0.15, -0.1) is 0 Å². The number of amides is 2. The Bertz CT molecular complexity index is 516. The Hall–Kier alpha value is -1.96. The van der Waals surface area contributed by atoms with Crippen LogP contribution in [0.1, 0.15) is 6.42 Å². The number of rotatable bonds is 5. The van der Waals surface area contributed by atoms with Crippen molar-refractivity contribution < 1.29 is 18.3 Å². The Morgan fingerprint density at radius 3 is 3.00 bits per heavy atom. The molecule has 0 aliphatic carbocycles. The molecule has 0 fully saturated rings. The highest BCUT2D eigenvalue weighted by molar-refractivity contribution is 5.89. The molecule has 1 aliphatic heterocycles. The molecule has 1 aromatic rings. The maximum absolute atomic E-state index is 12.2. The van der Waals surface area contributed by atoms with Crippen LogP contribution in [0.4, 0.5) is 19.3 Å². The zero-order valence-corrected chi connectivity index (χ0v) is 11.8. The Morgan fingerprint density at radius 2 is 2.38 bits per heavy atom. The van der Waals surface area contributed by atoms with E-state index in [1.165, 1.54) is 18.0 Å². The van der Waals surface area contributed by atoms with Crippen molar-refractivity contribution in [2.45, 2.75) is 19.4 Å². The summed E-state index contributed by atoms with van der Waals surface area (Å²) in [7, 11) is 1.64. The van der Waals surface area contributed by atoms with E-state index in [1.807, 2.05) is 6.08 Å². The molecule has 0 bridgehead atoms. The predicted octanol–water partition coefficient (Wildman–Crippen LogP) is 1.96. The van der Waals surface area contributed by atoms with Crippen molar-refractivity contribution in [1.82, 2.24) is 14.7 Å². The van der Waals surface area contributed by atoms with Gasteiger partial charge in [-0.25, -0.2) is 13.6 Å². The number of ether oxygens (including phenoxy) is 1. The van der Waals surface area contributed by atoms with Crippen molar-refractivity contribution >= 4 is 11.7 Å². The number of urea groups is 1. The van der Waals surface area contributed by atoms with Crippen molar-refractivity contribution in [2.75, 3.05) is 32.1 Å². The number of carbonyl (C=O) groups is 1. The lowest BCUT2D eigenvalue weighted by Crippen LogP contribution is -2.38. The van der Waals surface area contributed by atoms with Crippen molar-refractivity contribution in [1.29, 1.82) is 0 Å². The van der Waals surface area contributed by atoms with Gasteiger partial charge in [0, 0.05) is 26.4 Å². The quantitative estimate of drug-likeness (QED) is 0.846. The molecule has 0 radical (unpaired) electrons. The topological polar surface area (TPSA) is 59.4 Å². The number of aromatic nitrogens is 2. The minimum Gasteiger partial charge on any atom is -0.380 e. The predicted molar refractivity (Wildman–Crippen MR) is 73.4 cm³/mol. The van der Waals surface area contributed by atoms with Crippen LogP contribution >= 0.6 is 0 Å². The molecule has 0 atom stereocenters. The summed E-state index contributed by atoms with van der Waals surface area (Å²) < 4.78 is 30.6. The van der Waals surface area contributed by atoms with Crippen LogP contribution in [-0.4, -0.2) is 53.9 Å². The normalized spacial score (nSPS) is 15.2. The summed E-state index contributed by atoms with van der Waals surface area (Å²) in [5.41, 5.74) is 1.58. The van der Waals surface area contributed by atoms with Crippen LogP contribution in [0.5, 0.6) is 0 Å². The second-order valence-electron chi connectivity index (χ2n) is 4.76. The van der Waals surface area contributed by atoms with E-state index in [0.29, 0.717) is 25.4 Å². The average Bonchev–Trinajstić information content (AvgIpc) is 2.86. The molecule has 1 N–H and O–H groups in total. The van der Waals surface area contributed by atoms with Crippen molar-refractivity contribution in [3.63, 3.8) is 0 Å². The second-order valence-corrected chi connectivity index (χ2v) is 4.76. The maximum atomic E-state index is 12.2. The minimum atomic E-state index is -2.47. The minimum absolute atomic E-state index is 0.265. The van der Waals surface area contributed by atoms with Crippen LogP contribution in [0.15, 0.2) is 24.0 Å². The van der Waals surface area contributed by atoms with Crippen molar-refractivity contribution in [2.24, 2.45) is 0 Å². The zero-order chi connectivity index (χ0) is 15.2. The molecule has 2 rings (SSSR count). The van der Waals surface area contributed by atoms with E-state index in [2.05, 4.69) is 10.4 Å².